The molecule has 4 nitrogen and oxygen atoms in total. The van der Waals surface area contributed by atoms with E-state index in [1.165, 1.54) is 0 Å². The summed E-state index contributed by atoms with van der Waals surface area (Å²) in [5, 5.41) is 8.93. The average molecular weight is 176 g/mol. The minimum atomic E-state index is 0.0394. The highest BCUT2D eigenvalue weighted by atomic mass is 35.5. The lowest BCUT2D eigenvalue weighted by Crippen LogP contribution is -2.07. The summed E-state index contributed by atoms with van der Waals surface area (Å²) in [5.74, 6) is 1.14. The van der Waals surface area contributed by atoms with Gasteiger partial charge < -0.3 is 15.4 Å². The van der Waals surface area contributed by atoms with Crippen LogP contribution in [0.15, 0.2) is 0 Å². The first-order chi connectivity index (χ1) is 5.16. The zero-order chi connectivity index (χ0) is 8.43. The number of rotatable bonds is 2. The number of hydrogen-bond donors (Lipinski definition) is 2. The highest BCUT2D eigenvalue weighted by Crippen LogP contribution is 2.18. The Balaban J connectivity index is 3.02. The van der Waals surface area contributed by atoms with Crippen LogP contribution in [0.25, 0.3) is 0 Å². The molecule has 1 rings (SSSR count). The molecule has 0 fully saturated rings. The molecule has 0 saturated carbocycles. The molecule has 1 aromatic rings. The lowest BCUT2D eigenvalue weighted by molar-refractivity contribution is 0.275. The Kier molecular flexibility index (Phi) is 2.36. The molecule has 0 bridgehead atoms. The molecule has 0 atom stereocenters. The number of nitrogens with two attached hydrogens (primary N) is 1. The molecule has 0 saturated heterocycles. The molecule has 0 aliphatic carbocycles. The van der Waals surface area contributed by atoms with E-state index < -0.39 is 0 Å². The zero-order valence-electron chi connectivity index (χ0n) is 6.21. The van der Waals surface area contributed by atoms with Gasteiger partial charge in [0, 0.05) is 6.54 Å². The summed E-state index contributed by atoms with van der Waals surface area (Å²) in [6, 6.07) is 0. The summed E-state index contributed by atoms with van der Waals surface area (Å²) in [6.45, 7) is 2.27. The Bertz CT molecular complexity index is 259. The van der Waals surface area contributed by atoms with Gasteiger partial charge in [0.05, 0.1) is 6.61 Å². The summed E-state index contributed by atoms with van der Waals surface area (Å²) < 4.78 is 1.67. The molecular formula is C6H10ClN3O. The van der Waals surface area contributed by atoms with Crippen molar-refractivity contribution in [3.8, 4) is 0 Å². The quantitative estimate of drug-likeness (QED) is 0.685. The monoisotopic (exact) mass is 175 g/mol. The summed E-state index contributed by atoms with van der Waals surface area (Å²) in [5.41, 5.74) is 5.55. The Labute approximate surface area is 69.6 Å². The molecule has 62 valence electrons. The molecule has 11 heavy (non-hydrogen) atoms. The fourth-order valence-corrected chi connectivity index (χ4v) is 1.15. The van der Waals surface area contributed by atoms with Crippen LogP contribution in [0.3, 0.4) is 0 Å². The Morgan fingerprint density at radius 2 is 2.36 bits per heavy atom. The first kappa shape index (κ1) is 8.36. The molecule has 0 aromatic carbocycles. The summed E-state index contributed by atoms with van der Waals surface area (Å²) in [4.78, 5) is 3.92. The maximum Gasteiger partial charge on any atom is 0.171 e. The predicted octanol–water partition coefficient (Wildman–Crippen LogP) is 0.419. The van der Waals surface area contributed by atoms with Crippen molar-refractivity contribution in [3.63, 3.8) is 0 Å². The third kappa shape index (κ3) is 1.46. The van der Waals surface area contributed by atoms with Crippen LogP contribution in [-0.4, -0.2) is 21.3 Å². The summed E-state index contributed by atoms with van der Waals surface area (Å²) in [6.07, 6.45) is 0. The lowest BCUT2D eigenvalue weighted by atomic mass is 10.6. The third-order valence-corrected chi connectivity index (χ3v) is 1.75. The van der Waals surface area contributed by atoms with E-state index in [1.54, 1.807) is 11.5 Å². The number of aliphatic hydroxyl groups is 1. The third-order valence-electron chi connectivity index (χ3n) is 1.48. The molecule has 1 heterocycles. The van der Waals surface area contributed by atoms with Gasteiger partial charge in [-0.1, -0.05) is 11.6 Å². The minimum absolute atomic E-state index is 0.0394. The predicted molar refractivity (Wildman–Crippen MR) is 43.5 cm³/mol. The fraction of sp³-hybridized carbons (Fsp3) is 0.500. The summed E-state index contributed by atoms with van der Waals surface area (Å²) >= 11 is 5.63. The van der Waals surface area contributed by atoms with E-state index in [0.717, 1.165) is 5.82 Å². The van der Waals surface area contributed by atoms with E-state index in [0.29, 0.717) is 17.5 Å². The van der Waals surface area contributed by atoms with Gasteiger partial charge in [0.1, 0.15) is 11.6 Å². The number of imidazole rings is 1. The molecule has 0 amide bonds. The molecule has 5 heteroatoms. The van der Waals surface area contributed by atoms with Gasteiger partial charge in [-0.05, 0) is 6.92 Å². The normalized spacial score (nSPS) is 10.5. The minimum Gasteiger partial charge on any atom is -0.395 e. The number of nitrogen functional groups attached to an aromatic ring is 1. The number of nitrogens with zero attached hydrogens (tertiary/aromatic N) is 2. The van der Waals surface area contributed by atoms with Crippen LogP contribution < -0.4 is 5.73 Å². The maximum atomic E-state index is 8.63. The molecule has 0 spiro atoms. The second-order valence-electron chi connectivity index (χ2n) is 2.21. The lowest BCUT2D eigenvalue weighted by Gasteiger charge is -2.02. The van der Waals surface area contributed by atoms with E-state index in [4.69, 9.17) is 22.4 Å². The van der Waals surface area contributed by atoms with E-state index in [2.05, 4.69) is 4.98 Å². The standard InChI is InChI=1S/C6H10ClN3O/c1-4-9-5(7)6(8)10(4)2-3-11/h11H,2-3,8H2,1H3. The van der Waals surface area contributed by atoms with Gasteiger partial charge >= 0.3 is 0 Å². The second-order valence-corrected chi connectivity index (χ2v) is 2.57. The van der Waals surface area contributed by atoms with Crippen molar-refractivity contribution in [2.75, 3.05) is 12.3 Å². The SMILES string of the molecule is Cc1nc(Cl)c(N)n1CCO. The van der Waals surface area contributed by atoms with Crippen molar-refractivity contribution >= 4 is 17.4 Å². The zero-order valence-corrected chi connectivity index (χ0v) is 6.97. The van der Waals surface area contributed by atoms with Gasteiger partial charge in [-0.15, -0.1) is 0 Å². The number of hydrogen-bond acceptors (Lipinski definition) is 3. The largest absolute Gasteiger partial charge is 0.395 e. The van der Waals surface area contributed by atoms with Crippen LogP contribution in [-0.2, 0) is 6.54 Å². The van der Waals surface area contributed by atoms with E-state index >= 15 is 0 Å². The van der Waals surface area contributed by atoms with Crippen LogP contribution in [0.5, 0.6) is 0 Å². The average Bonchev–Trinajstić information content (AvgIpc) is 2.17. The molecule has 1 aromatic heterocycles. The molecule has 0 aliphatic rings. The second kappa shape index (κ2) is 3.11. The molecule has 0 unspecified atom stereocenters. The number of aliphatic hydroxyl groups excluding tert-OH is 1. The van der Waals surface area contributed by atoms with Crippen LogP contribution >= 0.6 is 11.6 Å². The van der Waals surface area contributed by atoms with Gasteiger partial charge in [0.15, 0.2) is 5.15 Å². The molecule has 0 radical (unpaired) electrons. The topological polar surface area (TPSA) is 64.1 Å². The molecule has 3 N–H and O–H groups in total. The maximum absolute atomic E-state index is 8.63. The Hall–Kier alpha value is -0.740. The summed E-state index contributed by atoms with van der Waals surface area (Å²) in [7, 11) is 0. The number of anilines is 1. The van der Waals surface area contributed by atoms with Gasteiger partial charge in [-0.2, -0.15) is 0 Å². The number of halogens is 1. The van der Waals surface area contributed by atoms with Gasteiger partial charge in [0.2, 0.25) is 0 Å². The molecule has 0 aliphatic heterocycles. The number of aromatic nitrogens is 2. The van der Waals surface area contributed by atoms with Crippen molar-refractivity contribution in [3.05, 3.63) is 11.0 Å². The van der Waals surface area contributed by atoms with E-state index in [9.17, 15) is 0 Å². The van der Waals surface area contributed by atoms with Crippen molar-refractivity contribution < 1.29 is 5.11 Å². The van der Waals surface area contributed by atoms with Crippen LogP contribution in [0.4, 0.5) is 5.82 Å². The van der Waals surface area contributed by atoms with Gasteiger partial charge in [-0.3, -0.25) is 0 Å². The van der Waals surface area contributed by atoms with E-state index in [1.807, 2.05) is 0 Å². The van der Waals surface area contributed by atoms with Crippen molar-refractivity contribution in [1.29, 1.82) is 0 Å². The van der Waals surface area contributed by atoms with Crippen molar-refractivity contribution in [1.82, 2.24) is 9.55 Å². The fourth-order valence-electron chi connectivity index (χ4n) is 0.928. The van der Waals surface area contributed by atoms with Crippen molar-refractivity contribution in [2.24, 2.45) is 0 Å². The highest BCUT2D eigenvalue weighted by Gasteiger charge is 2.07. The van der Waals surface area contributed by atoms with Crippen LogP contribution in [0.2, 0.25) is 5.15 Å². The highest BCUT2D eigenvalue weighted by molar-refractivity contribution is 6.31. The van der Waals surface area contributed by atoms with Crippen LogP contribution in [0, 0.1) is 6.92 Å². The Morgan fingerprint density at radius 1 is 1.73 bits per heavy atom. The van der Waals surface area contributed by atoms with E-state index in [-0.39, 0.29) is 6.61 Å². The number of aryl methyl sites for hydroxylation is 1. The van der Waals surface area contributed by atoms with Crippen LogP contribution in [0.1, 0.15) is 5.82 Å². The first-order valence-electron chi connectivity index (χ1n) is 3.25. The first-order valence-corrected chi connectivity index (χ1v) is 3.63. The van der Waals surface area contributed by atoms with Crippen molar-refractivity contribution in [2.45, 2.75) is 13.5 Å². The molecular weight excluding hydrogens is 166 g/mol. The smallest absolute Gasteiger partial charge is 0.171 e. The van der Waals surface area contributed by atoms with Gasteiger partial charge in [-0.25, -0.2) is 4.98 Å². The Morgan fingerprint density at radius 3 is 2.73 bits per heavy atom. The van der Waals surface area contributed by atoms with Gasteiger partial charge in [0.25, 0.3) is 0 Å².